The smallest absolute Gasteiger partial charge is 0.0720 e. The SMILES string of the molecule is CCON(Cc1ccccc1)c1ccccc1. The molecule has 0 aliphatic heterocycles. The molecule has 0 saturated heterocycles. The highest BCUT2D eigenvalue weighted by molar-refractivity contribution is 5.44. The maximum atomic E-state index is 5.67. The first-order chi connectivity index (χ1) is 8.40. The van der Waals surface area contributed by atoms with Gasteiger partial charge < -0.3 is 0 Å². The lowest BCUT2D eigenvalue weighted by atomic mass is 10.2. The molecule has 0 fully saturated rings. The van der Waals surface area contributed by atoms with E-state index >= 15 is 0 Å². The first-order valence-corrected chi connectivity index (χ1v) is 5.89. The Morgan fingerprint density at radius 3 is 2.06 bits per heavy atom. The van der Waals surface area contributed by atoms with Crippen molar-refractivity contribution >= 4 is 5.69 Å². The quantitative estimate of drug-likeness (QED) is 0.723. The van der Waals surface area contributed by atoms with Crippen LogP contribution in [-0.2, 0) is 11.4 Å². The van der Waals surface area contributed by atoms with Crippen molar-refractivity contribution in [3.05, 3.63) is 66.2 Å². The monoisotopic (exact) mass is 227 g/mol. The van der Waals surface area contributed by atoms with Crippen LogP contribution >= 0.6 is 0 Å². The standard InChI is InChI=1S/C15H17NO/c1-2-17-16(15-11-7-4-8-12-15)13-14-9-5-3-6-10-14/h3-12H,2,13H2,1H3. The van der Waals surface area contributed by atoms with E-state index in [2.05, 4.69) is 24.3 Å². The van der Waals surface area contributed by atoms with Crippen molar-refractivity contribution in [1.82, 2.24) is 0 Å². The molecule has 2 nitrogen and oxygen atoms in total. The van der Waals surface area contributed by atoms with Crippen LogP contribution in [0.3, 0.4) is 0 Å². The summed E-state index contributed by atoms with van der Waals surface area (Å²) in [7, 11) is 0. The van der Waals surface area contributed by atoms with Gasteiger partial charge in [-0.3, -0.25) is 4.84 Å². The minimum atomic E-state index is 0.668. The highest BCUT2D eigenvalue weighted by Gasteiger charge is 2.06. The molecular formula is C15H17NO. The van der Waals surface area contributed by atoms with Crippen molar-refractivity contribution in [1.29, 1.82) is 0 Å². The lowest BCUT2D eigenvalue weighted by Crippen LogP contribution is -2.22. The third kappa shape index (κ3) is 3.33. The molecule has 0 saturated carbocycles. The molecule has 0 spiro atoms. The average Bonchev–Trinajstić information content (AvgIpc) is 2.40. The van der Waals surface area contributed by atoms with Crippen molar-refractivity contribution in [3.8, 4) is 0 Å². The summed E-state index contributed by atoms with van der Waals surface area (Å²) in [5.41, 5.74) is 2.32. The van der Waals surface area contributed by atoms with E-state index in [0.717, 1.165) is 12.2 Å². The highest BCUT2D eigenvalue weighted by atomic mass is 16.7. The largest absolute Gasteiger partial charge is 0.273 e. The Kier molecular flexibility index (Phi) is 4.17. The van der Waals surface area contributed by atoms with E-state index in [0.29, 0.717) is 6.61 Å². The van der Waals surface area contributed by atoms with Crippen molar-refractivity contribution in [2.24, 2.45) is 0 Å². The van der Waals surface area contributed by atoms with E-state index < -0.39 is 0 Å². The van der Waals surface area contributed by atoms with Crippen LogP contribution in [0, 0.1) is 0 Å². The predicted octanol–water partition coefficient (Wildman–Crippen LogP) is 3.64. The van der Waals surface area contributed by atoms with Crippen LogP contribution in [0.15, 0.2) is 60.7 Å². The van der Waals surface area contributed by atoms with Gasteiger partial charge in [0.1, 0.15) is 0 Å². The third-order valence-electron chi connectivity index (χ3n) is 2.50. The van der Waals surface area contributed by atoms with E-state index in [1.165, 1.54) is 5.56 Å². The topological polar surface area (TPSA) is 12.5 Å². The minimum absolute atomic E-state index is 0.668. The van der Waals surface area contributed by atoms with Crippen LogP contribution in [0.1, 0.15) is 12.5 Å². The second-order valence-electron chi connectivity index (χ2n) is 3.78. The molecule has 88 valence electrons. The Balaban J connectivity index is 2.13. The molecular weight excluding hydrogens is 210 g/mol. The van der Waals surface area contributed by atoms with Gasteiger partial charge in [-0.1, -0.05) is 48.5 Å². The Morgan fingerprint density at radius 2 is 1.47 bits per heavy atom. The molecule has 0 unspecified atom stereocenters. The second kappa shape index (κ2) is 6.06. The van der Waals surface area contributed by atoms with Gasteiger partial charge in [0.25, 0.3) is 0 Å². The molecule has 0 aliphatic carbocycles. The number of para-hydroxylation sites is 1. The van der Waals surface area contributed by atoms with Crippen molar-refractivity contribution < 1.29 is 4.84 Å². The highest BCUT2D eigenvalue weighted by Crippen LogP contribution is 2.16. The number of benzene rings is 2. The lowest BCUT2D eigenvalue weighted by molar-refractivity contribution is 0.116. The number of hydrogen-bond donors (Lipinski definition) is 0. The van der Waals surface area contributed by atoms with Crippen molar-refractivity contribution in [3.63, 3.8) is 0 Å². The summed E-state index contributed by atoms with van der Waals surface area (Å²) >= 11 is 0. The van der Waals surface area contributed by atoms with Crippen LogP contribution in [0.5, 0.6) is 0 Å². The maximum absolute atomic E-state index is 5.67. The van der Waals surface area contributed by atoms with Crippen molar-refractivity contribution in [2.45, 2.75) is 13.5 Å². The van der Waals surface area contributed by atoms with Gasteiger partial charge in [-0.2, -0.15) is 0 Å². The lowest BCUT2D eigenvalue weighted by Gasteiger charge is -2.23. The minimum Gasteiger partial charge on any atom is -0.273 e. The number of hydroxylamine groups is 1. The van der Waals surface area contributed by atoms with E-state index in [9.17, 15) is 0 Å². The summed E-state index contributed by atoms with van der Waals surface area (Å²) < 4.78 is 0. The molecule has 0 radical (unpaired) electrons. The summed E-state index contributed by atoms with van der Waals surface area (Å²) in [4.78, 5) is 5.67. The van der Waals surface area contributed by atoms with Gasteiger partial charge in [-0.05, 0) is 24.6 Å². The first kappa shape index (κ1) is 11.7. The molecule has 2 aromatic rings. The molecule has 0 aromatic heterocycles. The number of rotatable bonds is 5. The van der Waals surface area contributed by atoms with Gasteiger partial charge in [0, 0.05) is 0 Å². The fourth-order valence-electron chi connectivity index (χ4n) is 1.71. The Labute approximate surface area is 102 Å². The van der Waals surface area contributed by atoms with Gasteiger partial charge in [0.15, 0.2) is 0 Å². The van der Waals surface area contributed by atoms with Crippen LogP contribution < -0.4 is 5.06 Å². The zero-order chi connectivity index (χ0) is 11.9. The summed E-state index contributed by atoms with van der Waals surface area (Å²) in [6, 6.07) is 20.5. The van der Waals surface area contributed by atoms with Crippen LogP contribution in [0.2, 0.25) is 0 Å². The fourth-order valence-corrected chi connectivity index (χ4v) is 1.71. The molecule has 17 heavy (non-hydrogen) atoms. The summed E-state index contributed by atoms with van der Waals surface area (Å²) in [5, 5.41) is 1.93. The normalized spacial score (nSPS) is 10.2. The summed E-state index contributed by atoms with van der Waals surface area (Å²) in [6.45, 7) is 3.43. The van der Waals surface area contributed by atoms with Crippen molar-refractivity contribution in [2.75, 3.05) is 11.7 Å². The Morgan fingerprint density at radius 1 is 0.882 bits per heavy atom. The average molecular weight is 227 g/mol. The van der Waals surface area contributed by atoms with Gasteiger partial charge >= 0.3 is 0 Å². The number of nitrogens with zero attached hydrogens (tertiary/aromatic N) is 1. The molecule has 0 aliphatic rings. The Hall–Kier alpha value is -1.80. The molecule has 0 heterocycles. The molecule has 0 amide bonds. The molecule has 0 atom stereocenters. The zero-order valence-electron chi connectivity index (χ0n) is 10.0. The molecule has 2 heteroatoms. The van der Waals surface area contributed by atoms with E-state index in [1.807, 2.05) is 48.4 Å². The predicted molar refractivity (Wildman–Crippen MR) is 70.7 cm³/mol. The van der Waals surface area contributed by atoms with E-state index in [1.54, 1.807) is 0 Å². The zero-order valence-corrected chi connectivity index (χ0v) is 10.0. The number of anilines is 1. The van der Waals surface area contributed by atoms with Gasteiger partial charge in [0.2, 0.25) is 0 Å². The molecule has 2 rings (SSSR count). The van der Waals surface area contributed by atoms with Crippen LogP contribution in [0.4, 0.5) is 5.69 Å². The summed E-state index contributed by atoms with van der Waals surface area (Å²) in [5.74, 6) is 0. The Bertz CT molecular complexity index is 427. The van der Waals surface area contributed by atoms with E-state index in [-0.39, 0.29) is 0 Å². The molecule has 2 aromatic carbocycles. The third-order valence-corrected chi connectivity index (χ3v) is 2.50. The first-order valence-electron chi connectivity index (χ1n) is 5.89. The fraction of sp³-hybridized carbons (Fsp3) is 0.200. The maximum Gasteiger partial charge on any atom is 0.0720 e. The number of hydrogen-bond acceptors (Lipinski definition) is 2. The van der Waals surface area contributed by atoms with Crippen LogP contribution in [-0.4, -0.2) is 6.61 Å². The van der Waals surface area contributed by atoms with E-state index in [4.69, 9.17) is 4.84 Å². The molecule has 0 bridgehead atoms. The van der Waals surface area contributed by atoms with Crippen LogP contribution in [0.25, 0.3) is 0 Å². The second-order valence-corrected chi connectivity index (χ2v) is 3.78. The van der Waals surface area contributed by atoms with Gasteiger partial charge in [-0.25, -0.2) is 5.06 Å². The van der Waals surface area contributed by atoms with Gasteiger partial charge in [-0.15, -0.1) is 0 Å². The summed E-state index contributed by atoms with van der Waals surface area (Å²) in [6.07, 6.45) is 0. The molecule has 0 N–H and O–H groups in total. The van der Waals surface area contributed by atoms with Gasteiger partial charge in [0.05, 0.1) is 18.8 Å².